The zero-order valence-electron chi connectivity index (χ0n) is 16.3. The molecule has 0 saturated carbocycles. The van der Waals surface area contributed by atoms with Gasteiger partial charge in [0.05, 0.1) is 0 Å². The van der Waals surface area contributed by atoms with Gasteiger partial charge in [0.15, 0.2) is 0 Å². The third-order valence-electron chi connectivity index (χ3n) is 5.71. The molecule has 0 spiro atoms. The number of aromatic nitrogens is 1. The number of anilines is 1. The van der Waals surface area contributed by atoms with E-state index in [4.69, 9.17) is 0 Å². The molecule has 0 unspecified atom stereocenters. The van der Waals surface area contributed by atoms with Crippen LogP contribution in [0.1, 0.15) is 5.56 Å². The molecule has 1 N–H and O–H groups in total. The fourth-order valence-electron chi connectivity index (χ4n) is 4.37. The number of hydrogen-bond acceptors (Lipinski definition) is 3. The van der Waals surface area contributed by atoms with Crippen LogP contribution in [0.25, 0.3) is 0 Å². The zero-order chi connectivity index (χ0) is 21.3. The molecule has 1 aromatic carbocycles. The van der Waals surface area contributed by atoms with E-state index >= 15 is 0 Å². The number of likely N-dealkylation sites (tertiary alicyclic amines) is 2. The lowest BCUT2D eigenvalue weighted by Crippen LogP contribution is -2.38. The van der Waals surface area contributed by atoms with Crippen molar-refractivity contribution < 1.29 is 18.0 Å². The van der Waals surface area contributed by atoms with E-state index in [9.17, 15) is 22.8 Å². The summed E-state index contributed by atoms with van der Waals surface area (Å²) in [5, 5.41) is 2.49. The molecule has 2 amide bonds. The summed E-state index contributed by atoms with van der Waals surface area (Å²) in [5.74, 6) is 0.717. The second kappa shape index (κ2) is 8.14. The first kappa shape index (κ1) is 20.5. The second-order valence-electron chi connectivity index (χ2n) is 8.01. The SMILES string of the molecule is O=C(Nc1cccn(CC(F)(F)F)c1=O)N1C[C@H]2CN(Cc3ccccc3)C[C@H]2C1. The first-order valence-corrected chi connectivity index (χ1v) is 9.87. The molecule has 6 nitrogen and oxygen atoms in total. The molecule has 160 valence electrons. The zero-order valence-corrected chi connectivity index (χ0v) is 16.3. The van der Waals surface area contributed by atoms with Gasteiger partial charge in [0.1, 0.15) is 12.2 Å². The summed E-state index contributed by atoms with van der Waals surface area (Å²) in [7, 11) is 0. The number of nitrogens with zero attached hydrogens (tertiary/aromatic N) is 3. The van der Waals surface area contributed by atoms with Crippen molar-refractivity contribution in [3.8, 4) is 0 Å². The number of nitrogens with one attached hydrogen (secondary N) is 1. The lowest BCUT2D eigenvalue weighted by molar-refractivity contribution is -0.141. The summed E-state index contributed by atoms with van der Waals surface area (Å²) < 4.78 is 38.4. The number of pyridine rings is 1. The molecule has 2 fully saturated rings. The molecule has 9 heteroatoms. The van der Waals surface area contributed by atoms with Crippen LogP contribution in [0.2, 0.25) is 0 Å². The lowest BCUT2D eigenvalue weighted by atomic mass is 10.0. The lowest BCUT2D eigenvalue weighted by Gasteiger charge is -2.22. The predicted octanol–water partition coefficient (Wildman–Crippen LogP) is 3.01. The van der Waals surface area contributed by atoms with E-state index in [-0.39, 0.29) is 5.69 Å². The van der Waals surface area contributed by atoms with E-state index in [1.807, 2.05) is 18.2 Å². The van der Waals surface area contributed by atoms with Crippen LogP contribution in [0.3, 0.4) is 0 Å². The third-order valence-corrected chi connectivity index (χ3v) is 5.71. The Morgan fingerprint density at radius 2 is 1.67 bits per heavy atom. The maximum absolute atomic E-state index is 12.6. The van der Waals surface area contributed by atoms with Gasteiger partial charge in [-0.05, 0) is 29.5 Å². The molecule has 1 aromatic heterocycles. The summed E-state index contributed by atoms with van der Waals surface area (Å²) in [6.45, 7) is 2.43. The minimum Gasteiger partial charge on any atom is -0.324 e. The molecule has 3 heterocycles. The number of hydrogen-bond donors (Lipinski definition) is 1. The highest BCUT2D eigenvalue weighted by Gasteiger charge is 2.41. The molecule has 2 aromatic rings. The summed E-state index contributed by atoms with van der Waals surface area (Å²) in [6, 6.07) is 12.4. The highest BCUT2D eigenvalue weighted by atomic mass is 19.4. The largest absolute Gasteiger partial charge is 0.406 e. The average molecular weight is 420 g/mol. The van der Waals surface area contributed by atoms with E-state index in [1.165, 1.54) is 17.7 Å². The summed E-state index contributed by atoms with van der Waals surface area (Å²) >= 11 is 0. The van der Waals surface area contributed by atoms with E-state index in [2.05, 4.69) is 22.3 Å². The highest BCUT2D eigenvalue weighted by molar-refractivity contribution is 5.89. The first-order valence-electron chi connectivity index (χ1n) is 9.87. The molecule has 0 aliphatic carbocycles. The van der Waals surface area contributed by atoms with Gasteiger partial charge < -0.3 is 14.8 Å². The Labute approximate surface area is 171 Å². The average Bonchev–Trinajstić information content (AvgIpc) is 3.23. The minimum absolute atomic E-state index is 0.144. The summed E-state index contributed by atoms with van der Waals surface area (Å²) in [6.07, 6.45) is -3.45. The van der Waals surface area contributed by atoms with Crippen molar-refractivity contribution in [3.63, 3.8) is 0 Å². The van der Waals surface area contributed by atoms with Gasteiger partial charge in [-0.15, -0.1) is 0 Å². The molecule has 0 bridgehead atoms. The third kappa shape index (κ3) is 4.67. The number of alkyl halides is 3. The fraction of sp³-hybridized carbons (Fsp3) is 0.429. The monoisotopic (exact) mass is 420 g/mol. The number of benzene rings is 1. The van der Waals surface area contributed by atoms with Crippen molar-refractivity contribution in [1.82, 2.24) is 14.4 Å². The molecule has 0 radical (unpaired) electrons. The standard InChI is InChI=1S/C21H23F3N4O2/c22-21(23,24)14-27-8-4-7-18(19(27)29)25-20(30)28-12-16-10-26(11-17(16)13-28)9-15-5-2-1-3-6-15/h1-8,16-17H,9-14H2,(H,25,30)/t16-,17+. The minimum atomic E-state index is -4.51. The Balaban J connectivity index is 1.34. The number of amides is 2. The first-order chi connectivity index (χ1) is 14.3. The van der Waals surface area contributed by atoms with Crippen molar-refractivity contribution in [2.75, 3.05) is 31.5 Å². The summed E-state index contributed by atoms with van der Waals surface area (Å²) in [4.78, 5) is 28.9. The summed E-state index contributed by atoms with van der Waals surface area (Å²) in [5.41, 5.74) is 0.248. The number of fused-ring (bicyclic) bond motifs is 1. The van der Waals surface area contributed by atoms with Crippen LogP contribution in [0.4, 0.5) is 23.7 Å². The van der Waals surface area contributed by atoms with E-state index in [0.717, 1.165) is 25.8 Å². The molecule has 2 aliphatic heterocycles. The van der Waals surface area contributed by atoms with Crippen molar-refractivity contribution in [2.45, 2.75) is 19.3 Å². The van der Waals surface area contributed by atoms with Gasteiger partial charge in [0, 0.05) is 38.9 Å². The van der Waals surface area contributed by atoms with Gasteiger partial charge in [-0.3, -0.25) is 9.69 Å². The molecular formula is C21H23F3N4O2. The van der Waals surface area contributed by atoms with Crippen LogP contribution in [-0.2, 0) is 13.1 Å². The molecule has 2 saturated heterocycles. The Morgan fingerprint density at radius 1 is 1.00 bits per heavy atom. The van der Waals surface area contributed by atoms with Crippen LogP contribution in [-0.4, -0.2) is 52.8 Å². The van der Waals surface area contributed by atoms with E-state index in [0.29, 0.717) is 29.5 Å². The number of halogens is 3. The molecule has 30 heavy (non-hydrogen) atoms. The van der Waals surface area contributed by atoms with Crippen LogP contribution >= 0.6 is 0 Å². The fourth-order valence-corrected chi connectivity index (χ4v) is 4.37. The topological polar surface area (TPSA) is 57.6 Å². The Morgan fingerprint density at radius 3 is 2.30 bits per heavy atom. The molecule has 2 atom stereocenters. The van der Waals surface area contributed by atoms with Crippen molar-refractivity contribution in [1.29, 1.82) is 0 Å². The number of carbonyl (C=O) groups is 1. The molecule has 2 aliphatic rings. The maximum Gasteiger partial charge on any atom is 0.406 e. The quantitative estimate of drug-likeness (QED) is 0.828. The number of carbonyl (C=O) groups excluding carboxylic acids is 1. The van der Waals surface area contributed by atoms with Crippen LogP contribution < -0.4 is 10.9 Å². The Hall–Kier alpha value is -2.81. The van der Waals surface area contributed by atoms with Gasteiger partial charge in [-0.25, -0.2) is 4.79 Å². The van der Waals surface area contributed by atoms with Crippen LogP contribution in [0.15, 0.2) is 53.5 Å². The number of urea groups is 1. The Bertz CT molecular complexity index is 947. The van der Waals surface area contributed by atoms with Gasteiger partial charge in [-0.1, -0.05) is 30.3 Å². The number of rotatable bonds is 4. The van der Waals surface area contributed by atoms with Gasteiger partial charge >= 0.3 is 12.2 Å². The maximum atomic E-state index is 12.6. The van der Waals surface area contributed by atoms with Crippen molar-refractivity contribution in [2.24, 2.45) is 11.8 Å². The van der Waals surface area contributed by atoms with Crippen molar-refractivity contribution in [3.05, 3.63) is 64.6 Å². The van der Waals surface area contributed by atoms with Gasteiger partial charge in [0.25, 0.3) is 5.56 Å². The van der Waals surface area contributed by atoms with Crippen molar-refractivity contribution >= 4 is 11.7 Å². The predicted molar refractivity (Wildman–Crippen MR) is 106 cm³/mol. The second-order valence-corrected chi connectivity index (χ2v) is 8.01. The Kier molecular flexibility index (Phi) is 5.55. The van der Waals surface area contributed by atoms with E-state index in [1.54, 1.807) is 4.90 Å². The van der Waals surface area contributed by atoms with E-state index < -0.39 is 24.3 Å². The smallest absolute Gasteiger partial charge is 0.324 e. The molecule has 4 rings (SSSR count). The normalized spacial score (nSPS) is 21.6. The van der Waals surface area contributed by atoms with Gasteiger partial charge in [-0.2, -0.15) is 13.2 Å². The van der Waals surface area contributed by atoms with Crippen LogP contribution in [0, 0.1) is 11.8 Å². The molecular weight excluding hydrogens is 397 g/mol. The highest BCUT2D eigenvalue weighted by Crippen LogP contribution is 2.32. The van der Waals surface area contributed by atoms with Crippen LogP contribution in [0.5, 0.6) is 0 Å². The van der Waals surface area contributed by atoms with Gasteiger partial charge in [0.2, 0.25) is 0 Å².